The Labute approximate surface area is 237 Å². The van der Waals surface area contributed by atoms with Gasteiger partial charge in [-0.05, 0) is 49.1 Å². The van der Waals surface area contributed by atoms with Crippen LogP contribution in [0.25, 0.3) is 44.2 Å². The van der Waals surface area contributed by atoms with Crippen LogP contribution in [0.4, 0.5) is 4.79 Å². The highest BCUT2D eigenvalue weighted by atomic mass is 32.2. The number of carbonyl (C=O) groups is 2. The summed E-state index contributed by atoms with van der Waals surface area (Å²) in [4.78, 5) is 23.7. The predicted molar refractivity (Wildman–Crippen MR) is 164 cm³/mol. The quantitative estimate of drug-likeness (QED) is 0.183. The van der Waals surface area contributed by atoms with Crippen LogP contribution in [0.5, 0.6) is 0 Å². The average molecular weight is 553 g/mol. The fourth-order valence-corrected chi connectivity index (χ4v) is 5.62. The van der Waals surface area contributed by atoms with Crippen LogP contribution in [0.3, 0.4) is 0 Å². The zero-order valence-corrected chi connectivity index (χ0v) is 23.5. The number of para-hydroxylation sites is 2. The fraction of sp³-hybridized carbons (Fsp3) is 0.212. The summed E-state index contributed by atoms with van der Waals surface area (Å²) >= 11 is 1.47. The van der Waals surface area contributed by atoms with Crippen molar-refractivity contribution in [2.45, 2.75) is 38.1 Å². The molecule has 4 aromatic carbocycles. The van der Waals surface area contributed by atoms with E-state index in [-0.39, 0.29) is 5.75 Å². The first-order chi connectivity index (χ1) is 19.2. The van der Waals surface area contributed by atoms with Crippen LogP contribution in [-0.4, -0.2) is 34.4 Å². The predicted octanol–water partition coefficient (Wildman–Crippen LogP) is 7.70. The van der Waals surface area contributed by atoms with Gasteiger partial charge in [0.2, 0.25) is 0 Å². The minimum Gasteiger partial charge on any atom is -0.480 e. The molecule has 0 saturated heterocycles. The Morgan fingerprint density at radius 2 is 1.45 bits per heavy atom. The summed E-state index contributed by atoms with van der Waals surface area (Å²) in [5.41, 5.74) is 6.81. The molecule has 204 valence electrons. The van der Waals surface area contributed by atoms with Gasteiger partial charge in [-0.25, -0.2) is 9.59 Å². The molecule has 3 N–H and O–H groups in total. The van der Waals surface area contributed by atoms with Gasteiger partial charge in [-0.3, -0.25) is 0 Å². The second-order valence-corrected chi connectivity index (χ2v) is 11.8. The monoisotopic (exact) mass is 552 g/mol. The molecule has 6 nitrogen and oxygen atoms in total. The van der Waals surface area contributed by atoms with E-state index in [2.05, 4.69) is 83.4 Å². The maximum absolute atomic E-state index is 12.1. The number of hydrogen-bond acceptors (Lipinski definition) is 4. The topological polar surface area (TPSA) is 91.6 Å². The van der Waals surface area contributed by atoms with Gasteiger partial charge in [0.05, 0.1) is 0 Å². The number of thioether (sulfide) groups is 1. The van der Waals surface area contributed by atoms with Crippen molar-refractivity contribution in [3.63, 3.8) is 0 Å². The summed E-state index contributed by atoms with van der Waals surface area (Å²) < 4.78 is 6.21. The summed E-state index contributed by atoms with van der Waals surface area (Å²) in [6.45, 7) is 5.54. The number of amides is 2. The lowest BCUT2D eigenvalue weighted by Gasteiger charge is -2.22. The van der Waals surface area contributed by atoms with Crippen LogP contribution >= 0.6 is 11.8 Å². The number of nitrogens with one attached hydrogen (secondary N) is 2. The van der Waals surface area contributed by atoms with Gasteiger partial charge in [0, 0.05) is 33.4 Å². The van der Waals surface area contributed by atoms with E-state index < -0.39 is 23.6 Å². The van der Waals surface area contributed by atoms with E-state index in [1.165, 1.54) is 11.8 Å². The van der Waals surface area contributed by atoms with Crippen LogP contribution in [0.15, 0.2) is 95.4 Å². The second-order valence-electron chi connectivity index (χ2n) is 10.8. The average Bonchev–Trinajstić information content (AvgIpc) is 3.31. The summed E-state index contributed by atoms with van der Waals surface area (Å²) in [5, 5.41) is 17.0. The number of aliphatic carboxylic acids is 1. The van der Waals surface area contributed by atoms with Gasteiger partial charge in [-0.1, -0.05) is 84.9 Å². The normalized spacial score (nSPS) is 12.4. The zero-order chi connectivity index (χ0) is 28.3. The first-order valence-corrected chi connectivity index (χ1v) is 14.3. The van der Waals surface area contributed by atoms with Crippen molar-refractivity contribution < 1.29 is 19.1 Å². The number of carboxylic acids is 1. The van der Waals surface area contributed by atoms with E-state index in [1.54, 1.807) is 0 Å². The molecule has 0 radical (unpaired) electrons. The Hall–Kier alpha value is -4.23. The van der Waals surface area contributed by atoms with Crippen molar-refractivity contribution in [1.82, 2.24) is 10.6 Å². The number of fused-ring (bicyclic) bond motifs is 3. The lowest BCUT2D eigenvalue weighted by atomic mass is 9.98. The Balaban J connectivity index is 1.22. The molecule has 0 aliphatic heterocycles. The largest absolute Gasteiger partial charge is 0.480 e. The molecular formula is C33H32N2O4S. The SMILES string of the molecule is CC(C)(C)NC(=O)N[C@@H](CSCc1ccc(-c2ccc(-c3cccc4c3oc3ccccc34)cc2)cc1)C(=O)O. The molecule has 5 rings (SSSR count). The summed E-state index contributed by atoms with van der Waals surface area (Å²) in [7, 11) is 0. The number of carbonyl (C=O) groups excluding carboxylic acids is 1. The van der Waals surface area contributed by atoms with Gasteiger partial charge in [-0.15, -0.1) is 0 Å². The van der Waals surface area contributed by atoms with Gasteiger partial charge < -0.3 is 20.2 Å². The van der Waals surface area contributed by atoms with Crippen LogP contribution in [0.2, 0.25) is 0 Å². The molecule has 0 bridgehead atoms. The van der Waals surface area contributed by atoms with Gasteiger partial charge >= 0.3 is 12.0 Å². The third-order valence-corrected chi connectivity index (χ3v) is 7.64. The standard InChI is InChI=1S/C33H32N2O4S/c1-33(2,3)35-32(38)34-28(31(36)37)20-40-19-21-11-13-22(14-12-21)23-15-17-24(18-16-23)25-8-6-9-27-26-7-4-5-10-29(26)39-30(25)27/h4-18,28H,19-20H2,1-3H3,(H,36,37)(H2,34,35,38)/t28-/m0/s1. The van der Waals surface area contributed by atoms with Crippen LogP contribution < -0.4 is 10.6 Å². The number of hydrogen-bond donors (Lipinski definition) is 3. The molecule has 1 atom stereocenters. The Bertz CT molecular complexity index is 1650. The van der Waals surface area contributed by atoms with E-state index in [0.29, 0.717) is 5.75 Å². The third kappa shape index (κ3) is 6.32. The van der Waals surface area contributed by atoms with Crippen molar-refractivity contribution in [3.8, 4) is 22.3 Å². The molecule has 0 saturated carbocycles. The van der Waals surface area contributed by atoms with Crippen molar-refractivity contribution in [1.29, 1.82) is 0 Å². The molecule has 0 fully saturated rings. The lowest BCUT2D eigenvalue weighted by molar-refractivity contribution is -0.138. The van der Waals surface area contributed by atoms with Crippen LogP contribution in [0, 0.1) is 0 Å². The van der Waals surface area contributed by atoms with Gasteiger partial charge in [-0.2, -0.15) is 11.8 Å². The van der Waals surface area contributed by atoms with Gasteiger partial charge in [0.25, 0.3) is 0 Å². The first-order valence-electron chi connectivity index (χ1n) is 13.2. The van der Waals surface area contributed by atoms with E-state index >= 15 is 0 Å². The van der Waals surface area contributed by atoms with Crippen molar-refractivity contribution in [3.05, 3.63) is 96.6 Å². The van der Waals surface area contributed by atoms with E-state index in [9.17, 15) is 14.7 Å². The number of carboxylic acid groups (broad SMARTS) is 1. The Morgan fingerprint density at radius 3 is 2.12 bits per heavy atom. The molecule has 1 aromatic heterocycles. The molecule has 2 amide bonds. The second kappa shape index (κ2) is 11.5. The minimum absolute atomic E-state index is 0.272. The zero-order valence-electron chi connectivity index (χ0n) is 22.7. The molecular weight excluding hydrogens is 520 g/mol. The molecule has 0 aliphatic carbocycles. The maximum atomic E-state index is 12.1. The molecule has 7 heteroatoms. The molecule has 0 spiro atoms. The molecule has 5 aromatic rings. The maximum Gasteiger partial charge on any atom is 0.327 e. The van der Waals surface area contributed by atoms with Crippen LogP contribution in [0.1, 0.15) is 26.3 Å². The molecule has 0 aliphatic rings. The number of furan rings is 1. The molecule has 0 unspecified atom stereocenters. The highest BCUT2D eigenvalue weighted by molar-refractivity contribution is 7.98. The molecule has 1 heterocycles. The number of urea groups is 1. The van der Waals surface area contributed by atoms with Crippen molar-refractivity contribution in [2.75, 3.05) is 5.75 Å². The van der Waals surface area contributed by atoms with Gasteiger partial charge in [0.15, 0.2) is 0 Å². The summed E-state index contributed by atoms with van der Waals surface area (Å²) in [6.07, 6.45) is 0. The van der Waals surface area contributed by atoms with Gasteiger partial charge in [0.1, 0.15) is 17.2 Å². The smallest absolute Gasteiger partial charge is 0.327 e. The summed E-state index contributed by atoms with van der Waals surface area (Å²) in [6, 6.07) is 29.7. The summed E-state index contributed by atoms with van der Waals surface area (Å²) in [5.74, 6) is -0.131. The minimum atomic E-state index is -1.05. The number of benzene rings is 4. The Kier molecular flexibility index (Phi) is 7.85. The molecule has 40 heavy (non-hydrogen) atoms. The van der Waals surface area contributed by atoms with Crippen molar-refractivity contribution >= 4 is 45.7 Å². The third-order valence-electron chi connectivity index (χ3n) is 6.53. The fourth-order valence-electron chi connectivity index (χ4n) is 4.61. The highest BCUT2D eigenvalue weighted by Crippen LogP contribution is 2.36. The first kappa shape index (κ1) is 27.3. The van der Waals surface area contributed by atoms with E-state index in [1.807, 2.05) is 39.0 Å². The number of rotatable bonds is 8. The van der Waals surface area contributed by atoms with Crippen LogP contribution in [-0.2, 0) is 10.5 Å². The van der Waals surface area contributed by atoms with Crippen molar-refractivity contribution in [2.24, 2.45) is 0 Å². The highest BCUT2D eigenvalue weighted by Gasteiger charge is 2.22. The lowest BCUT2D eigenvalue weighted by Crippen LogP contribution is -2.52. The Morgan fingerprint density at radius 1 is 0.825 bits per heavy atom. The van der Waals surface area contributed by atoms with E-state index in [4.69, 9.17) is 4.42 Å². The van der Waals surface area contributed by atoms with E-state index in [0.717, 1.165) is 49.8 Å².